The molecule has 0 atom stereocenters. The Bertz CT molecular complexity index is 610. The van der Waals surface area contributed by atoms with Crippen LogP contribution in [0.5, 0.6) is 11.6 Å². The molecule has 0 fully saturated rings. The molecule has 1 heterocycles. The second-order valence-electron chi connectivity index (χ2n) is 3.30. The van der Waals surface area contributed by atoms with Crippen molar-refractivity contribution in [3.8, 4) is 23.0 Å². The van der Waals surface area contributed by atoms with Crippen molar-refractivity contribution in [1.82, 2.24) is 9.97 Å². The number of halogens is 1. The van der Waals surface area contributed by atoms with Crippen molar-refractivity contribution >= 4 is 15.9 Å². The van der Waals surface area contributed by atoms with Gasteiger partial charge in [-0.3, -0.25) is 4.79 Å². The first-order valence-corrected chi connectivity index (χ1v) is 5.53. The van der Waals surface area contributed by atoms with Gasteiger partial charge < -0.3 is 14.8 Å². The smallest absolute Gasteiger partial charge is 0.254 e. The van der Waals surface area contributed by atoms with Crippen molar-refractivity contribution in [3.05, 3.63) is 39.1 Å². The van der Waals surface area contributed by atoms with Crippen molar-refractivity contribution in [1.29, 1.82) is 0 Å². The van der Waals surface area contributed by atoms with Gasteiger partial charge in [0.2, 0.25) is 5.88 Å². The molecule has 17 heavy (non-hydrogen) atoms. The molecule has 2 rings (SSSR count). The Kier molecular flexibility index (Phi) is 3.14. The zero-order chi connectivity index (χ0) is 12.4. The number of hydrogen-bond donors (Lipinski definition) is 2. The van der Waals surface area contributed by atoms with Gasteiger partial charge >= 0.3 is 0 Å². The summed E-state index contributed by atoms with van der Waals surface area (Å²) < 4.78 is 5.78. The fourth-order valence-electron chi connectivity index (χ4n) is 1.39. The molecule has 5 nitrogen and oxygen atoms in total. The van der Waals surface area contributed by atoms with Gasteiger partial charge in [0, 0.05) is 10.0 Å². The monoisotopic (exact) mass is 296 g/mol. The number of ether oxygens (including phenoxy) is 1. The molecule has 0 radical (unpaired) electrons. The molecule has 2 aromatic rings. The molecule has 1 aromatic heterocycles. The summed E-state index contributed by atoms with van der Waals surface area (Å²) in [6.45, 7) is 0. The van der Waals surface area contributed by atoms with Crippen molar-refractivity contribution in [3.63, 3.8) is 0 Å². The van der Waals surface area contributed by atoms with Crippen LogP contribution in [0.2, 0.25) is 0 Å². The molecule has 2 N–H and O–H groups in total. The van der Waals surface area contributed by atoms with Gasteiger partial charge in [0.05, 0.1) is 13.2 Å². The van der Waals surface area contributed by atoms with Crippen LogP contribution in [0.4, 0.5) is 0 Å². The second kappa shape index (κ2) is 4.58. The maximum absolute atomic E-state index is 11.2. The van der Waals surface area contributed by atoms with Gasteiger partial charge in [-0.2, -0.15) is 4.98 Å². The van der Waals surface area contributed by atoms with Crippen LogP contribution in [-0.2, 0) is 0 Å². The largest absolute Gasteiger partial charge is 0.497 e. The third-order valence-corrected chi connectivity index (χ3v) is 2.82. The van der Waals surface area contributed by atoms with Gasteiger partial charge in [-0.25, -0.2) is 0 Å². The molecule has 88 valence electrons. The Balaban J connectivity index is 2.56. The highest BCUT2D eigenvalue weighted by atomic mass is 79.9. The Hall–Kier alpha value is -1.82. The average molecular weight is 297 g/mol. The number of rotatable bonds is 2. The predicted molar refractivity (Wildman–Crippen MR) is 66.2 cm³/mol. The van der Waals surface area contributed by atoms with E-state index in [0.717, 1.165) is 6.07 Å². The van der Waals surface area contributed by atoms with Gasteiger partial charge in [-0.1, -0.05) is 0 Å². The van der Waals surface area contributed by atoms with Crippen molar-refractivity contribution in [2.24, 2.45) is 0 Å². The first-order valence-electron chi connectivity index (χ1n) is 4.74. The summed E-state index contributed by atoms with van der Waals surface area (Å²) in [7, 11) is 1.57. The molecule has 0 aliphatic rings. The number of benzene rings is 1. The van der Waals surface area contributed by atoms with E-state index in [2.05, 4.69) is 25.9 Å². The SMILES string of the molecule is COc1ccc(-c2nc(O)cc(=O)[nH]2)c(Br)c1. The van der Waals surface area contributed by atoms with E-state index < -0.39 is 5.56 Å². The van der Waals surface area contributed by atoms with E-state index in [-0.39, 0.29) is 5.88 Å². The van der Waals surface area contributed by atoms with Crippen LogP contribution in [0.1, 0.15) is 0 Å². The summed E-state index contributed by atoms with van der Waals surface area (Å²) in [6, 6.07) is 6.24. The summed E-state index contributed by atoms with van der Waals surface area (Å²) in [5, 5.41) is 9.28. The van der Waals surface area contributed by atoms with Crippen LogP contribution < -0.4 is 10.3 Å². The fraction of sp³-hybridized carbons (Fsp3) is 0.0909. The number of nitrogens with zero attached hydrogens (tertiary/aromatic N) is 1. The highest BCUT2D eigenvalue weighted by Gasteiger charge is 2.08. The van der Waals surface area contributed by atoms with Gasteiger partial charge in [-0.05, 0) is 34.1 Å². The third kappa shape index (κ3) is 2.47. The van der Waals surface area contributed by atoms with Gasteiger partial charge in [0.15, 0.2) is 0 Å². The molecule has 6 heteroatoms. The average Bonchev–Trinajstić information content (AvgIpc) is 2.27. The molecule has 0 aliphatic carbocycles. The minimum Gasteiger partial charge on any atom is -0.497 e. The highest BCUT2D eigenvalue weighted by molar-refractivity contribution is 9.10. The van der Waals surface area contributed by atoms with Gasteiger partial charge in [-0.15, -0.1) is 0 Å². The molecule has 1 aromatic carbocycles. The molecular weight excluding hydrogens is 288 g/mol. The molecule has 0 saturated carbocycles. The number of aromatic hydroxyl groups is 1. The maximum atomic E-state index is 11.2. The predicted octanol–water partition coefficient (Wildman–Crippen LogP) is 1.91. The first kappa shape index (κ1) is 11.7. The van der Waals surface area contributed by atoms with Gasteiger partial charge in [0.25, 0.3) is 5.56 Å². The molecule has 0 unspecified atom stereocenters. The first-order chi connectivity index (χ1) is 8.10. The number of nitrogens with one attached hydrogen (secondary N) is 1. The molecule has 0 saturated heterocycles. The Labute approximate surface area is 105 Å². The van der Waals surface area contributed by atoms with Crippen LogP contribution in [0, 0.1) is 0 Å². The van der Waals surface area contributed by atoms with Crippen LogP contribution in [0.15, 0.2) is 33.5 Å². The minimum absolute atomic E-state index is 0.296. The zero-order valence-corrected chi connectivity index (χ0v) is 10.5. The van der Waals surface area contributed by atoms with Crippen molar-refractivity contribution in [2.75, 3.05) is 7.11 Å². The Morgan fingerprint density at radius 1 is 1.41 bits per heavy atom. The van der Waals surface area contributed by atoms with Crippen molar-refractivity contribution < 1.29 is 9.84 Å². The Morgan fingerprint density at radius 2 is 2.18 bits per heavy atom. The molecule has 0 bridgehead atoms. The van der Waals surface area contributed by atoms with Crippen LogP contribution in [-0.4, -0.2) is 22.2 Å². The minimum atomic E-state index is -0.407. The lowest BCUT2D eigenvalue weighted by Gasteiger charge is -2.06. The van der Waals surface area contributed by atoms with E-state index in [9.17, 15) is 9.90 Å². The lowest BCUT2D eigenvalue weighted by Crippen LogP contribution is -2.06. The van der Waals surface area contributed by atoms with E-state index in [4.69, 9.17) is 4.74 Å². The number of hydrogen-bond acceptors (Lipinski definition) is 4. The standard InChI is InChI=1S/C11H9BrN2O3/c1-17-6-2-3-7(8(12)4-6)11-13-9(15)5-10(16)14-11/h2-5H,1H3,(H2,13,14,15,16). The topological polar surface area (TPSA) is 75.2 Å². The quantitative estimate of drug-likeness (QED) is 0.888. The second-order valence-corrected chi connectivity index (χ2v) is 4.15. The van der Waals surface area contributed by atoms with E-state index in [1.54, 1.807) is 25.3 Å². The van der Waals surface area contributed by atoms with Crippen LogP contribution >= 0.6 is 15.9 Å². The summed E-state index contributed by atoms with van der Waals surface area (Å²) >= 11 is 3.35. The summed E-state index contributed by atoms with van der Waals surface area (Å²) in [6.07, 6.45) is 0. The lowest BCUT2D eigenvalue weighted by atomic mass is 10.2. The van der Waals surface area contributed by atoms with Gasteiger partial charge in [0.1, 0.15) is 11.6 Å². The van der Waals surface area contributed by atoms with Crippen LogP contribution in [0.3, 0.4) is 0 Å². The maximum Gasteiger partial charge on any atom is 0.254 e. The van der Waals surface area contributed by atoms with Crippen molar-refractivity contribution in [2.45, 2.75) is 0 Å². The number of methoxy groups -OCH3 is 1. The normalized spacial score (nSPS) is 10.2. The summed E-state index contributed by atoms with van der Waals surface area (Å²) in [4.78, 5) is 17.6. The van der Waals surface area contributed by atoms with E-state index in [1.165, 1.54) is 0 Å². The zero-order valence-electron chi connectivity index (χ0n) is 8.90. The van der Waals surface area contributed by atoms with E-state index in [0.29, 0.717) is 21.6 Å². The number of aromatic nitrogens is 2. The van der Waals surface area contributed by atoms with E-state index >= 15 is 0 Å². The fourth-order valence-corrected chi connectivity index (χ4v) is 1.93. The third-order valence-electron chi connectivity index (χ3n) is 2.16. The molecule has 0 spiro atoms. The lowest BCUT2D eigenvalue weighted by molar-refractivity contribution is 0.414. The summed E-state index contributed by atoms with van der Waals surface area (Å²) in [5.74, 6) is 0.666. The molecule has 0 amide bonds. The molecular formula is C11H9BrN2O3. The van der Waals surface area contributed by atoms with E-state index in [1.807, 2.05) is 0 Å². The van der Waals surface area contributed by atoms with Crippen LogP contribution in [0.25, 0.3) is 11.4 Å². The summed E-state index contributed by atoms with van der Waals surface area (Å²) in [5.41, 5.74) is 0.258. The number of H-pyrrole nitrogens is 1. The highest BCUT2D eigenvalue weighted by Crippen LogP contribution is 2.29. The Morgan fingerprint density at radius 3 is 2.76 bits per heavy atom. The number of aromatic amines is 1. The molecule has 0 aliphatic heterocycles.